The van der Waals surface area contributed by atoms with E-state index in [0.29, 0.717) is 12.4 Å². The van der Waals surface area contributed by atoms with Crippen molar-refractivity contribution in [1.29, 1.82) is 0 Å². The van der Waals surface area contributed by atoms with Crippen LogP contribution >= 0.6 is 0 Å². The molecule has 0 aliphatic heterocycles. The van der Waals surface area contributed by atoms with Crippen LogP contribution in [-0.2, 0) is 4.79 Å². The van der Waals surface area contributed by atoms with Gasteiger partial charge in [-0.15, -0.1) is 0 Å². The van der Waals surface area contributed by atoms with E-state index in [1.54, 1.807) is 6.07 Å². The SMILES string of the molecule is CCNC(=O)CNC(=O)c1cc2ccccc2c(N)n1. The highest BCUT2D eigenvalue weighted by Gasteiger charge is 2.11. The van der Waals surface area contributed by atoms with E-state index in [1.165, 1.54) is 0 Å². The van der Waals surface area contributed by atoms with Crippen LogP contribution in [0, 0.1) is 0 Å². The molecule has 104 valence electrons. The lowest BCUT2D eigenvalue weighted by molar-refractivity contribution is -0.120. The summed E-state index contributed by atoms with van der Waals surface area (Å²) in [7, 11) is 0. The van der Waals surface area contributed by atoms with Gasteiger partial charge in [0.2, 0.25) is 5.91 Å². The third-order valence-corrected chi connectivity index (χ3v) is 2.79. The van der Waals surface area contributed by atoms with Gasteiger partial charge in [-0.2, -0.15) is 0 Å². The minimum Gasteiger partial charge on any atom is -0.383 e. The molecular weight excluding hydrogens is 256 g/mol. The van der Waals surface area contributed by atoms with Crippen molar-refractivity contribution in [2.45, 2.75) is 6.92 Å². The molecule has 20 heavy (non-hydrogen) atoms. The highest BCUT2D eigenvalue weighted by atomic mass is 16.2. The molecule has 0 unspecified atom stereocenters. The smallest absolute Gasteiger partial charge is 0.270 e. The quantitative estimate of drug-likeness (QED) is 0.762. The lowest BCUT2D eigenvalue weighted by atomic mass is 10.1. The summed E-state index contributed by atoms with van der Waals surface area (Å²) in [5.41, 5.74) is 6.03. The molecule has 4 N–H and O–H groups in total. The van der Waals surface area contributed by atoms with Crippen LogP contribution in [0.1, 0.15) is 17.4 Å². The number of carbonyl (C=O) groups excluding carboxylic acids is 2. The van der Waals surface area contributed by atoms with Crippen molar-refractivity contribution in [3.05, 3.63) is 36.0 Å². The predicted molar refractivity (Wildman–Crippen MR) is 77.2 cm³/mol. The monoisotopic (exact) mass is 272 g/mol. The van der Waals surface area contributed by atoms with Crippen LogP contribution in [0.25, 0.3) is 10.8 Å². The average Bonchev–Trinajstić information content (AvgIpc) is 2.45. The second-order valence-corrected chi connectivity index (χ2v) is 4.25. The van der Waals surface area contributed by atoms with E-state index in [4.69, 9.17) is 5.73 Å². The standard InChI is InChI=1S/C14H16N4O2/c1-2-16-12(19)8-17-14(20)11-7-9-5-3-4-6-10(9)13(15)18-11/h3-7H,2,8H2,1H3,(H2,15,18)(H,16,19)(H,17,20). The van der Waals surface area contributed by atoms with Crippen molar-refractivity contribution < 1.29 is 9.59 Å². The fraction of sp³-hybridized carbons (Fsp3) is 0.214. The number of aromatic nitrogens is 1. The first-order valence-electron chi connectivity index (χ1n) is 6.32. The van der Waals surface area contributed by atoms with Gasteiger partial charge in [-0.3, -0.25) is 9.59 Å². The summed E-state index contributed by atoms with van der Waals surface area (Å²) in [4.78, 5) is 27.3. The van der Waals surface area contributed by atoms with Crippen LogP contribution < -0.4 is 16.4 Å². The Morgan fingerprint density at radius 2 is 2.00 bits per heavy atom. The van der Waals surface area contributed by atoms with Gasteiger partial charge in [0.05, 0.1) is 6.54 Å². The molecule has 6 heteroatoms. The predicted octanol–water partition coefficient (Wildman–Crippen LogP) is 0.683. The Labute approximate surface area is 116 Å². The summed E-state index contributed by atoms with van der Waals surface area (Å²) in [6.45, 7) is 2.25. The highest BCUT2D eigenvalue weighted by molar-refractivity contribution is 6.00. The molecular formula is C14H16N4O2. The van der Waals surface area contributed by atoms with Crippen molar-refractivity contribution in [3.63, 3.8) is 0 Å². The minimum absolute atomic E-state index is 0.0823. The molecule has 0 spiro atoms. The number of hydrogen-bond donors (Lipinski definition) is 3. The van der Waals surface area contributed by atoms with Gasteiger partial charge in [0.15, 0.2) is 0 Å². The first-order valence-corrected chi connectivity index (χ1v) is 6.32. The number of hydrogen-bond acceptors (Lipinski definition) is 4. The number of likely N-dealkylation sites (N-methyl/N-ethyl adjacent to an activating group) is 1. The molecule has 1 aromatic heterocycles. The van der Waals surface area contributed by atoms with Gasteiger partial charge in [-0.25, -0.2) is 4.98 Å². The zero-order chi connectivity index (χ0) is 14.5. The molecule has 0 atom stereocenters. The van der Waals surface area contributed by atoms with Crippen LogP contribution in [0.2, 0.25) is 0 Å². The van der Waals surface area contributed by atoms with Crippen LogP contribution in [0.4, 0.5) is 5.82 Å². The molecule has 0 saturated carbocycles. The summed E-state index contributed by atoms with van der Waals surface area (Å²) in [5, 5.41) is 6.74. The zero-order valence-corrected chi connectivity index (χ0v) is 11.1. The maximum atomic E-state index is 11.9. The maximum absolute atomic E-state index is 11.9. The van der Waals surface area contributed by atoms with E-state index in [1.807, 2.05) is 31.2 Å². The lowest BCUT2D eigenvalue weighted by Crippen LogP contribution is -2.37. The number of fused-ring (bicyclic) bond motifs is 1. The Balaban J connectivity index is 2.16. The Kier molecular flexibility index (Phi) is 4.14. The van der Waals surface area contributed by atoms with Gasteiger partial charge in [0.1, 0.15) is 11.5 Å². The van der Waals surface area contributed by atoms with Crippen LogP contribution in [0.5, 0.6) is 0 Å². The van der Waals surface area contributed by atoms with Crippen LogP contribution in [0.3, 0.4) is 0 Å². The van der Waals surface area contributed by atoms with E-state index in [-0.39, 0.29) is 18.1 Å². The normalized spacial score (nSPS) is 10.2. The van der Waals surface area contributed by atoms with E-state index < -0.39 is 5.91 Å². The van der Waals surface area contributed by atoms with E-state index >= 15 is 0 Å². The number of amides is 2. The molecule has 2 rings (SSSR count). The second-order valence-electron chi connectivity index (χ2n) is 4.25. The topological polar surface area (TPSA) is 97.1 Å². The van der Waals surface area contributed by atoms with E-state index in [9.17, 15) is 9.59 Å². The first-order chi connectivity index (χ1) is 9.61. The summed E-state index contributed by atoms with van der Waals surface area (Å²) < 4.78 is 0. The molecule has 0 fully saturated rings. The molecule has 0 aliphatic carbocycles. The molecule has 6 nitrogen and oxygen atoms in total. The molecule has 1 aromatic carbocycles. The molecule has 0 saturated heterocycles. The second kappa shape index (κ2) is 6.01. The van der Waals surface area contributed by atoms with Crippen molar-refractivity contribution in [3.8, 4) is 0 Å². The van der Waals surface area contributed by atoms with Crippen molar-refractivity contribution in [1.82, 2.24) is 15.6 Å². The summed E-state index contributed by atoms with van der Waals surface area (Å²) in [6, 6.07) is 9.06. The Hall–Kier alpha value is -2.63. The summed E-state index contributed by atoms with van der Waals surface area (Å²) >= 11 is 0. The highest BCUT2D eigenvalue weighted by Crippen LogP contribution is 2.19. The van der Waals surface area contributed by atoms with Gasteiger partial charge in [-0.05, 0) is 18.4 Å². The number of nitrogen functional groups attached to an aromatic ring is 1. The number of nitrogens with one attached hydrogen (secondary N) is 2. The summed E-state index contributed by atoms with van der Waals surface area (Å²) in [6.07, 6.45) is 0. The molecule has 2 aromatic rings. The Bertz CT molecular complexity index is 655. The number of rotatable bonds is 4. The van der Waals surface area contributed by atoms with Crippen molar-refractivity contribution in [2.24, 2.45) is 0 Å². The lowest BCUT2D eigenvalue weighted by Gasteiger charge is -2.07. The van der Waals surface area contributed by atoms with Gasteiger partial charge < -0.3 is 16.4 Å². The first kappa shape index (κ1) is 13.8. The fourth-order valence-electron chi connectivity index (χ4n) is 1.85. The number of carbonyl (C=O) groups is 2. The number of anilines is 1. The number of benzene rings is 1. The third kappa shape index (κ3) is 3.03. The number of pyridine rings is 1. The third-order valence-electron chi connectivity index (χ3n) is 2.79. The van der Waals surface area contributed by atoms with Gasteiger partial charge >= 0.3 is 0 Å². The molecule has 2 amide bonds. The van der Waals surface area contributed by atoms with Crippen LogP contribution in [0.15, 0.2) is 30.3 Å². The van der Waals surface area contributed by atoms with Gasteiger partial charge in [0, 0.05) is 11.9 Å². The minimum atomic E-state index is -0.422. The largest absolute Gasteiger partial charge is 0.383 e. The van der Waals surface area contributed by atoms with Crippen LogP contribution in [-0.4, -0.2) is 29.9 Å². The van der Waals surface area contributed by atoms with E-state index in [2.05, 4.69) is 15.6 Å². The number of nitrogens with zero attached hydrogens (tertiary/aromatic N) is 1. The van der Waals surface area contributed by atoms with Crippen molar-refractivity contribution in [2.75, 3.05) is 18.8 Å². The zero-order valence-electron chi connectivity index (χ0n) is 11.1. The maximum Gasteiger partial charge on any atom is 0.270 e. The Morgan fingerprint density at radius 1 is 1.25 bits per heavy atom. The molecule has 0 aliphatic rings. The molecule has 0 radical (unpaired) electrons. The number of nitrogens with two attached hydrogens (primary N) is 1. The van der Waals surface area contributed by atoms with Gasteiger partial charge in [0.25, 0.3) is 5.91 Å². The van der Waals surface area contributed by atoms with E-state index in [0.717, 1.165) is 10.8 Å². The average molecular weight is 272 g/mol. The molecule has 1 heterocycles. The molecule has 0 bridgehead atoms. The van der Waals surface area contributed by atoms with Crippen molar-refractivity contribution >= 4 is 28.4 Å². The summed E-state index contributed by atoms with van der Waals surface area (Å²) in [5.74, 6) is -0.366. The Morgan fingerprint density at radius 3 is 2.75 bits per heavy atom. The fourth-order valence-corrected chi connectivity index (χ4v) is 1.85. The van der Waals surface area contributed by atoms with Gasteiger partial charge in [-0.1, -0.05) is 24.3 Å².